The highest BCUT2D eigenvalue weighted by Gasteiger charge is 2.21. The molecule has 1 heterocycles. The van der Waals surface area contributed by atoms with Gasteiger partial charge >= 0.3 is 0 Å². The minimum Gasteiger partial charge on any atom is -0.383 e. The van der Waals surface area contributed by atoms with E-state index < -0.39 is 0 Å². The third kappa shape index (κ3) is 2.06. The zero-order chi connectivity index (χ0) is 5.11. The summed E-state index contributed by atoms with van der Waals surface area (Å²) in [5.74, 6) is 0. The molecule has 1 fully saturated rings. The van der Waals surface area contributed by atoms with Gasteiger partial charge in [0, 0.05) is 6.23 Å². The quantitative estimate of drug-likeness (QED) is 0.366. The highest BCUT2D eigenvalue weighted by Crippen LogP contribution is 2.07. The van der Waals surface area contributed by atoms with Gasteiger partial charge < -0.3 is 9.47 Å². The standard InChI is InChI=1S/C4H7O2Si/c7-3-5-1-4-2-6-4/h4H,1-3H2. The fourth-order valence-electron chi connectivity index (χ4n) is 0.355. The van der Waals surface area contributed by atoms with Crippen molar-refractivity contribution in [3.8, 4) is 0 Å². The second-order valence-electron chi connectivity index (χ2n) is 1.47. The Morgan fingerprint density at radius 2 is 2.57 bits per heavy atom. The van der Waals surface area contributed by atoms with Gasteiger partial charge in [-0.05, 0) is 0 Å². The van der Waals surface area contributed by atoms with Crippen LogP contribution in [0.5, 0.6) is 0 Å². The van der Waals surface area contributed by atoms with Gasteiger partial charge in [-0.2, -0.15) is 0 Å². The van der Waals surface area contributed by atoms with Crippen LogP contribution in [0.1, 0.15) is 0 Å². The molecule has 1 rings (SSSR count). The Morgan fingerprint density at radius 1 is 1.86 bits per heavy atom. The van der Waals surface area contributed by atoms with E-state index in [4.69, 9.17) is 9.47 Å². The smallest absolute Gasteiger partial charge is 0.104 e. The van der Waals surface area contributed by atoms with Crippen molar-refractivity contribution in [3.63, 3.8) is 0 Å². The Balaban J connectivity index is 1.80. The summed E-state index contributed by atoms with van der Waals surface area (Å²) in [6.07, 6.45) is 1.01. The molecule has 0 aliphatic carbocycles. The Labute approximate surface area is 46.2 Å². The van der Waals surface area contributed by atoms with Gasteiger partial charge in [0.2, 0.25) is 0 Å². The fraction of sp³-hybridized carbons (Fsp3) is 1.00. The van der Waals surface area contributed by atoms with Crippen molar-refractivity contribution in [2.45, 2.75) is 6.10 Å². The topological polar surface area (TPSA) is 21.8 Å². The molecule has 0 aromatic rings. The summed E-state index contributed by atoms with van der Waals surface area (Å²) < 4.78 is 9.81. The molecule has 39 valence electrons. The summed E-state index contributed by atoms with van der Waals surface area (Å²) in [6.45, 7) is 1.62. The first-order chi connectivity index (χ1) is 3.43. The van der Waals surface area contributed by atoms with Gasteiger partial charge in [0.1, 0.15) is 6.10 Å². The van der Waals surface area contributed by atoms with Crippen molar-refractivity contribution in [1.82, 2.24) is 0 Å². The molecule has 3 radical (unpaired) electrons. The lowest BCUT2D eigenvalue weighted by atomic mass is 10.5. The molecule has 3 heteroatoms. The van der Waals surface area contributed by atoms with Crippen LogP contribution in [-0.4, -0.2) is 35.8 Å². The molecule has 0 N–H and O–H groups in total. The number of hydrogen-bond donors (Lipinski definition) is 0. The van der Waals surface area contributed by atoms with Crippen LogP contribution >= 0.6 is 0 Å². The largest absolute Gasteiger partial charge is 0.383 e. The summed E-state index contributed by atoms with van der Waals surface area (Å²) in [5, 5.41) is 0. The monoisotopic (exact) mass is 115 g/mol. The van der Waals surface area contributed by atoms with Gasteiger partial charge in [0.25, 0.3) is 0 Å². The van der Waals surface area contributed by atoms with Crippen molar-refractivity contribution < 1.29 is 9.47 Å². The molecule has 0 saturated carbocycles. The van der Waals surface area contributed by atoms with E-state index in [2.05, 4.69) is 10.2 Å². The summed E-state index contributed by atoms with van der Waals surface area (Å²) in [6, 6.07) is 0. The lowest BCUT2D eigenvalue weighted by molar-refractivity contribution is 0.155. The lowest BCUT2D eigenvalue weighted by Gasteiger charge is -1.91. The molecule has 1 atom stereocenters. The first-order valence-electron chi connectivity index (χ1n) is 2.27. The van der Waals surface area contributed by atoms with Crippen LogP contribution in [0.25, 0.3) is 0 Å². The van der Waals surface area contributed by atoms with E-state index in [0.29, 0.717) is 12.3 Å². The Morgan fingerprint density at radius 3 is 3.00 bits per heavy atom. The molecule has 1 aliphatic heterocycles. The molecule has 0 aromatic heterocycles. The van der Waals surface area contributed by atoms with E-state index in [1.165, 1.54) is 0 Å². The molecule has 0 spiro atoms. The van der Waals surface area contributed by atoms with Crippen molar-refractivity contribution in [3.05, 3.63) is 0 Å². The van der Waals surface area contributed by atoms with Crippen LogP contribution in [0.15, 0.2) is 0 Å². The maximum Gasteiger partial charge on any atom is 0.104 e. The highest BCUT2D eigenvalue weighted by atomic mass is 28.1. The van der Waals surface area contributed by atoms with Gasteiger partial charge in [0.15, 0.2) is 0 Å². The van der Waals surface area contributed by atoms with E-state index in [9.17, 15) is 0 Å². The van der Waals surface area contributed by atoms with Gasteiger partial charge in [-0.3, -0.25) is 0 Å². The molecule has 1 saturated heterocycles. The van der Waals surface area contributed by atoms with Crippen LogP contribution in [0.2, 0.25) is 0 Å². The van der Waals surface area contributed by atoms with E-state index in [-0.39, 0.29) is 0 Å². The zero-order valence-corrected chi connectivity index (χ0v) is 5.02. The second-order valence-corrected chi connectivity index (χ2v) is 1.76. The van der Waals surface area contributed by atoms with Gasteiger partial charge in [-0.1, -0.05) is 0 Å². The van der Waals surface area contributed by atoms with Crippen molar-refractivity contribution >= 4 is 10.2 Å². The van der Waals surface area contributed by atoms with E-state index in [1.54, 1.807) is 0 Å². The zero-order valence-electron chi connectivity index (χ0n) is 4.02. The molecule has 7 heavy (non-hydrogen) atoms. The second kappa shape index (κ2) is 2.45. The van der Waals surface area contributed by atoms with E-state index >= 15 is 0 Å². The van der Waals surface area contributed by atoms with Crippen LogP contribution in [0, 0.1) is 0 Å². The van der Waals surface area contributed by atoms with Crippen LogP contribution in [0.3, 0.4) is 0 Å². The third-order valence-electron chi connectivity index (χ3n) is 0.808. The first-order valence-corrected chi connectivity index (χ1v) is 2.98. The van der Waals surface area contributed by atoms with Gasteiger partial charge in [-0.25, -0.2) is 0 Å². The van der Waals surface area contributed by atoms with Gasteiger partial charge in [0.05, 0.1) is 23.5 Å². The average molecular weight is 115 g/mol. The highest BCUT2D eigenvalue weighted by molar-refractivity contribution is 6.08. The van der Waals surface area contributed by atoms with Crippen LogP contribution in [0.4, 0.5) is 0 Å². The predicted octanol–water partition coefficient (Wildman–Crippen LogP) is -0.472. The third-order valence-corrected chi connectivity index (χ3v) is 1.01. The summed E-state index contributed by atoms with van der Waals surface area (Å²) in [7, 11) is 3.17. The molecular formula is C4H7O2Si. The number of ether oxygens (including phenoxy) is 2. The minimum atomic E-state index is 0.399. The summed E-state index contributed by atoms with van der Waals surface area (Å²) in [5.41, 5.74) is 0. The lowest BCUT2D eigenvalue weighted by Crippen LogP contribution is -2.01. The Hall–Kier alpha value is 0.137. The number of rotatable bonds is 3. The van der Waals surface area contributed by atoms with Crippen molar-refractivity contribution in [2.24, 2.45) is 0 Å². The predicted molar refractivity (Wildman–Crippen MR) is 26.3 cm³/mol. The average Bonchev–Trinajstić information content (AvgIpc) is 2.42. The number of epoxide rings is 1. The van der Waals surface area contributed by atoms with Crippen molar-refractivity contribution in [2.75, 3.05) is 19.4 Å². The molecule has 1 aliphatic rings. The van der Waals surface area contributed by atoms with E-state index in [1.807, 2.05) is 0 Å². The van der Waals surface area contributed by atoms with Gasteiger partial charge in [-0.15, -0.1) is 0 Å². The maximum atomic E-state index is 4.95. The van der Waals surface area contributed by atoms with Crippen LogP contribution in [-0.2, 0) is 9.47 Å². The van der Waals surface area contributed by atoms with E-state index in [0.717, 1.165) is 13.2 Å². The SMILES string of the molecule is [Si]COCC1CO1. The molecule has 2 nitrogen and oxygen atoms in total. The molecule has 0 aromatic carbocycles. The Kier molecular flexibility index (Phi) is 1.84. The Bertz CT molecular complexity index is 53.7. The molecule has 0 bridgehead atoms. The first kappa shape index (κ1) is 5.28. The molecule has 0 amide bonds. The normalized spacial score (nSPS) is 27.9. The summed E-state index contributed by atoms with van der Waals surface area (Å²) in [4.78, 5) is 0. The van der Waals surface area contributed by atoms with Crippen molar-refractivity contribution in [1.29, 1.82) is 0 Å². The maximum absolute atomic E-state index is 4.95. The summed E-state index contributed by atoms with van der Waals surface area (Å²) >= 11 is 0. The van der Waals surface area contributed by atoms with Crippen LogP contribution < -0.4 is 0 Å². The minimum absolute atomic E-state index is 0.399. The molecular weight excluding hydrogens is 108 g/mol. The number of hydrogen-bond acceptors (Lipinski definition) is 2. The fourth-order valence-corrected chi connectivity index (χ4v) is 0.472. The molecule has 1 unspecified atom stereocenters.